The second-order valence-electron chi connectivity index (χ2n) is 1.48. The van der Waals surface area contributed by atoms with Gasteiger partial charge in [-0.05, 0) is 17.5 Å². The Hall–Kier alpha value is -1.52. The molecule has 0 aromatic carbocycles. The molecule has 0 aliphatic rings. The van der Waals surface area contributed by atoms with Crippen molar-refractivity contribution < 1.29 is 0 Å². The zero-order valence-electron chi connectivity index (χ0n) is 4.96. The van der Waals surface area contributed by atoms with Crippen LogP contribution in [0.4, 0.5) is 5.82 Å². The summed E-state index contributed by atoms with van der Waals surface area (Å²) in [5.74, 6) is 5.28. The number of nitrogens with zero attached hydrogens (tertiary/aromatic N) is 2. The highest BCUT2D eigenvalue weighted by molar-refractivity contribution is 7.06. The van der Waals surface area contributed by atoms with Gasteiger partial charge < -0.3 is 5.73 Å². The third-order valence-electron chi connectivity index (χ3n) is 0.770. The fourth-order valence-corrected chi connectivity index (χ4v) is 0.964. The lowest BCUT2D eigenvalue weighted by Crippen LogP contribution is -1.79. The molecule has 0 radical (unpaired) electrons. The van der Waals surface area contributed by atoms with Crippen LogP contribution in [0.2, 0.25) is 0 Å². The van der Waals surface area contributed by atoms with Gasteiger partial charge in [0.25, 0.3) is 0 Å². The Morgan fingerprint density at radius 2 is 2.50 bits per heavy atom. The first-order chi connectivity index (χ1) is 4.83. The fourth-order valence-electron chi connectivity index (χ4n) is 0.437. The lowest BCUT2D eigenvalue weighted by atomic mass is 10.4. The minimum absolute atomic E-state index is 0.451. The molecule has 0 spiro atoms. The lowest BCUT2D eigenvalue weighted by molar-refractivity contribution is 1.55. The number of nitrogens with two attached hydrogens (primary N) is 1. The average Bonchev–Trinajstić information content (AvgIpc) is 2.31. The first-order valence-corrected chi connectivity index (χ1v) is 3.22. The van der Waals surface area contributed by atoms with Crippen LogP contribution >= 0.6 is 11.5 Å². The number of rotatable bonds is 0. The van der Waals surface area contributed by atoms with E-state index >= 15 is 0 Å². The summed E-state index contributed by atoms with van der Waals surface area (Å²) in [6.07, 6.45) is 0. The van der Waals surface area contributed by atoms with Crippen molar-refractivity contribution in [2.24, 2.45) is 0 Å². The molecule has 1 rings (SSSR count). The standard InChI is InChI=1S/C6H3N3S/c7-3-1-2-5-4-6(8)9-10-5/h4H,(H2,8,9). The zero-order valence-corrected chi connectivity index (χ0v) is 5.77. The molecule has 48 valence electrons. The number of hydrogen-bond donors (Lipinski definition) is 1. The maximum absolute atomic E-state index is 8.06. The smallest absolute Gasteiger partial charge is 0.152 e. The van der Waals surface area contributed by atoms with Gasteiger partial charge in [0.2, 0.25) is 0 Å². The van der Waals surface area contributed by atoms with Crippen LogP contribution < -0.4 is 5.73 Å². The summed E-state index contributed by atoms with van der Waals surface area (Å²) in [6.45, 7) is 0. The molecule has 1 heterocycles. The van der Waals surface area contributed by atoms with E-state index in [4.69, 9.17) is 11.0 Å². The van der Waals surface area contributed by atoms with E-state index in [1.54, 1.807) is 12.1 Å². The molecule has 0 bridgehead atoms. The quantitative estimate of drug-likeness (QED) is 0.549. The zero-order chi connectivity index (χ0) is 7.40. The average molecular weight is 149 g/mol. The largest absolute Gasteiger partial charge is 0.383 e. The Kier molecular flexibility index (Phi) is 1.89. The van der Waals surface area contributed by atoms with E-state index in [0.717, 1.165) is 4.88 Å². The molecule has 0 atom stereocenters. The van der Waals surface area contributed by atoms with Crippen LogP contribution in [0.25, 0.3) is 0 Å². The first-order valence-electron chi connectivity index (χ1n) is 2.45. The van der Waals surface area contributed by atoms with Gasteiger partial charge >= 0.3 is 0 Å². The van der Waals surface area contributed by atoms with Gasteiger partial charge in [0.05, 0.1) is 0 Å². The predicted molar refractivity (Wildman–Crippen MR) is 39.0 cm³/mol. The third-order valence-corrected chi connectivity index (χ3v) is 1.49. The highest BCUT2D eigenvalue weighted by Gasteiger charge is 1.91. The summed E-state index contributed by atoms with van der Waals surface area (Å²) < 4.78 is 3.78. The Labute approximate surface area is 62.3 Å². The van der Waals surface area contributed by atoms with Gasteiger partial charge in [-0.2, -0.15) is 9.64 Å². The minimum Gasteiger partial charge on any atom is -0.383 e. The van der Waals surface area contributed by atoms with Crippen LogP contribution in [0.3, 0.4) is 0 Å². The topological polar surface area (TPSA) is 62.7 Å². The van der Waals surface area contributed by atoms with Crippen LogP contribution in [0, 0.1) is 23.2 Å². The number of nitrogen functional groups attached to an aromatic ring is 1. The fraction of sp³-hybridized carbons (Fsp3) is 0. The van der Waals surface area contributed by atoms with Gasteiger partial charge in [0, 0.05) is 12.0 Å². The van der Waals surface area contributed by atoms with Crippen molar-refractivity contribution in [2.75, 3.05) is 5.73 Å². The van der Waals surface area contributed by atoms with E-state index in [0.29, 0.717) is 5.82 Å². The summed E-state index contributed by atoms with van der Waals surface area (Å²) in [5.41, 5.74) is 5.30. The Bertz CT molecular complexity index is 323. The maximum atomic E-state index is 8.06. The monoisotopic (exact) mass is 149 g/mol. The number of aromatic nitrogens is 1. The molecular formula is C6H3N3S. The molecular weight excluding hydrogens is 146 g/mol. The van der Waals surface area contributed by atoms with Crippen molar-refractivity contribution in [3.8, 4) is 17.9 Å². The Morgan fingerprint density at radius 1 is 1.70 bits per heavy atom. The van der Waals surface area contributed by atoms with Crippen molar-refractivity contribution in [1.29, 1.82) is 5.26 Å². The van der Waals surface area contributed by atoms with Gasteiger partial charge in [0.1, 0.15) is 10.7 Å². The second kappa shape index (κ2) is 2.86. The van der Waals surface area contributed by atoms with Crippen LogP contribution in [0.15, 0.2) is 6.07 Å². The molecule has 0 fully saturated rings. The lowest BCUT2D eigenvalue weighted by Gasteiger charge is -1.69. The van der Waals surface area contributed by atoms with Crippen LogP contribution in [-0.4, -0.2) is 4.37 Å². The van der Waals surface area contributed by atoms with E-state index in [2.05, 4.69) is 16.2 Å². The van der Waals surface area contributed by atoms with E-state index < -0.39 is 0 Å². The predicted octanol–water partition coefficient (Wildman–Crippen LogP) is 0.600. The number of hydrogen-bond acceptors (Lipinski definition) is 4. The molecule has 0 saturated carbocycles. The van der Waals surface area contributed by atoms with E-state index in [-0.39, 0.29) is 0 Å². The second-order valence-corrected chi connectivity index (χ2v) is 2.28. The highest BCUT2D eigenvalue weighted by atomic mass is 32.1. The van der Waals surface area contributed by atoms with Gasteiger partial charge in [-0.3, -0.25) is 0 Å². The van der Waals surface area contributed by atoms with Gasteiger partial charge in [-0.25, -0.2) is 0 Å². The highest BCUT2D eigenvalue weighted by Crippen LogP contribution is 2.08. The Morgan fingerprint density at radius 3 is 3.00 bits per heavy atom. The number of anilines is 1. The third kappa shape index (κ3) is 1.48. The first kappa shape index (κ1) is 6.60. The van der Waals surface area contributed by atoms with Gasteiger partial charge in [-0.15, -0.1) is 0 Å². The molecule has 0 saturated heterocycles. The summed E-state index contributed by atoms with van der Waals surface area (Å²) >= 11 is 1.19. The Balaban J connectivity index is 2.89. The molecule has 0 amide bonds. The minimum atomic E-state index is 0.451. The number of nitriles is 1. The van der Waals surface area contributed by atoms with Crippen LogP contribution in [0.5, 0.6) is 0 Å². The summed E-state index contributed by atoms with van der Waals surface area (Å²) in [5, 5.41) is 8.06. The van der Waals surface area contributed by atoms with Crippen LogP contribution in [-0.2, 0) is 0 Å². The summed E-state index contributed by atoms with van der Waals surface area (Å²) in [7, 11) is 0. The van der Waals surface area contributed by atoms with Crippen molar-refractivity contribution in [2.45, 2.75) is 0 Å². The van der Waals surface area contributed by atoms with E-state index in [1.165, 1.54) is 11.5 Å². The summed E-state index contributed by atoms with van der Waals surface area (Å²) in [4.78, 5) is 0.721. The van der Waals surface area contributed by atoms with Crippen molar-refractivity contribution >= 4 is 17.4 Å². The SMILES string of the molecule is N#CC#Cc1cc(N)ns1. The van der Waals surface area contributed by atoms with Crippen molar-refractivity contribution in [1.82, 2.24) is 4.37 Å². The van der Waals surface area contributed by atoms with E-state index in [9.17, 15) is 0 Å². The van der Waals surface area contributed by atoms with Crippen molar-refractivity contribution in [3.63, 3.8) is 0 Å². The van der Waals surface area contributed by atoms with E-state index in [1.807, 2.05) is 0 Å². The van der Waals surface area contributed by atoms with Crippen LogP contribution in [0.1, 0.15) is 4.88 Å². The summed E-state index contributed by atoms with van der Waals surface area (Å²) in [6, 6.07) is 3.34. The van der Waals surface area contributed by atoms with Gasteiger partial charge in [0.15, 0.2) is 6.07 Å². The molecule has 0 aliphatic heterocycles. The molecule has 0 aliphatic carbocycles. The molecule has 0 unspecified atom stereocenters. The van der Waals surface area contributed by atoms with Gasteiger partial charge in [-0.1, -0.05) is 0 Å². The maximum Gasteiger partial charge on any atom is 0.152 e. The molecule has 1 aromatic heterocycles. The molecule has 3 nitrogen and oxygen atoms in total. The molecule has 1 aromatic rings. The molecule has 2 N–H and O–H groups in total. The molecule has 4 heteroatoms. The molecule has 10 heavy (non-hydrogen) atoms. The normalized spacial score (nSPS) is 7.50. The van der Waals surface area contributed by atoms with Crippen molar-refractivity contribution in [3.05, 3.63) is 10.9 Å².